The van der Waals surface area contributed by atoms with Crippen LogP contribution in [0.15, 0.2) is 30.3 Å². The molecule has 0 saturated carbocycles. The molecule has 0 aliphatic carbocycles. The van der Waals surface area contributed by atoms with E-state index in [4.69, 9.17) is 14.9 Å². The summed E-state index contributed by atoms with van der Waals surface area (Å²) in [6, 6.07) is 7.46. The largest absolute Gasteiger partial charge is 0.478 e. The maximum Gasteiger partial charge on any atom is 0.356 e. The second-order valence-electron chi connectivity index (χ2n) is 4.03. The molecule has 0 amide bonds. The van der Waals surface area contributed by atoms with Gasteiger partial charge in [0.15, 0.2) is 5.69 Å². The molecule has 20 heavy (non-hydrogen) atoms. The monoisotopic (exact) mass is 276 g/mol. The Balaban J connectivity index is 2.52. The molecule has 0 unspecified atom stereocenters. The van der Waals surface area contributed by atoms with E-state index in [1.54, 1.807) is 12.1 Å². The van der Waals surface area contributed by atoms with E-state index in [0.29, 0.717) is 11.4 Å². The Morgan fingerprint density at radius 3 is 2.60 bits per heavy atom. The second-order valence-corrected chi connectivity index (χ2v) is 4.03. The molecule has 7 heteroatoms. The van der Waals surface area contributed by atoms with Gasteiger partial charge in [0.1, 0.15) is 0 Å². The summed E-state index contributed by atoms with van der Waals surface area (Å²) in [6.45, 7) is 0.164. The van der Waals surface area contributed by atoms with Gasteiger partial charge >= 0.3 is 11.9 Å². The molecule has 0 spiro atoms. The van der Waals surface area contributed by atoms with E-state index in [0.717, 1.165) is 0 Å². The van der Waals surface area contributed by atoms with Gasteiger partial charge in [-0.25, -0.2) is 14.3 Å². The van der Waals surface area contributed by atoms with Crippen molar-refractivity contribution in [2.24, 2.45) is 0 Å². The minimum Gasteiger partial charge on any atom is -0.478 e. The van der Waals surface area contributed by atoms with Crippen molar-refractivity contribution < 1.29 is 24.5 Å². The van der Waals surface area contributed by atoms with E-state index in [1.807, 2.05) is 0 Å². The SMILES string of the molecule is COCc1cc(C(=O)O)nn1-c1cccc(C(=O)O)c1. The summed E-state index contributed by atoms with van der Waals surface area (Å²) in [5.41, 5.74) is 0.952. The summed E-state index contributed by atoms with van der Waals surface area (Å²) in [6.07, 6.45) is 0. The molecule has 1 aromatic heterocycles. The molecule has 7 nitrogen and oxygen atoms in total. The predicted molar refractivity (Wildman–Crippen MR) is 68.2 cm³/mol. The van der Waals surface area contributed by atoms with E-state index in [1.165, 1.54) is 30.0 Å². The molecule has 2 rings (SSSR count). The van der Waals surface area contributed by atoms with Crippen LogP contribution in [0.25, 0.3) is 5.69 Å². The van der Waals surface area contributed by atoms with Gasteiger partial charge in [-0.05, 0) is 24.3 Å². The molecular formula is C13H12N2O5. The van der Waals surface area contributed by atoms with Crippen LogP contribution in [0, 0.1) is 0 Å². The number of rotatable bonds is 5. The first-order valence-electron chi connectivity index (χ1n) is 5.68. The van der Waals surface area contributed by atoms with Crippen LogP contribution in [0.4, 0.5) is 0 Å². The maximum absolute atomic E-state index is 11.0. The van der Waals surface area contributed by atoms with E-state index in [9.17, 15) is 9.59 Å². The summed E-state index contributed by atoms with van der Waals surface area (Å²) >= 11 is 0. The smallest absolute Gasteiger partial charge is 0.356 e. The van der Waals surface area contributed by atoms with Crippen molar-refractivity contribution in [2.45, 2.75) is 6.61 Å². The van der Waals surface area contributed by atoms with Gasteiger partial charge in [-0.3, -0.25) is 0 Å². The first-order valence-corrected chi connectivity index (χ1v) is 5.68. The van der Waals surface area contributed by atoms with Crippen LogP contribution >= 0.6 is 0 Å². The summed E-state index contributed by atoms with van der Waals surface area (Å²) in [5, 5.41) is 21.9. The summed E-state index contributed by atoms with van der Waals surface area (Å²) in [7, 11) is 1.48. The van der Waals surface area contributed by atoms with E-state index in [-0.39, 0.29) is 17.9 Å². The van der Waals surface area contributed by atoms with Crippen molar-refractivity contribution in [3.63, 3.8) is 0 Å². The lowest BCUT2D eigenvalue weighted by atomic mass is 10.2. The third kappa shape index (κ3) is 2.67. The molecule has 0 bridgehead atoms. The highest BCUT2D eigenvalue weighted by Gasteiger charge is 2.15. The number of hydrogen-bond donors (Lipinski definition) is 2. The summed E-state index contributed by atoms with van der Waals surface area (Å²) in [4.78, 5) is 21.9. The highest BCUT2D eigenvalue weighted by atomic mass is 16.5. The maximum atomic E-state index is 11.0. The predicted octanol–water partition coefficient (Wildman–Crippen LogP) is 1.42. The third-order valence-corrected chi connectivity index (χ3v) is 2.63. The van der Waals surface area contributed by atoms with E-state index in [2.05, 4.69) is 5.10 Å². The average Bonchev–Trinajstić information content (AvgIpc) is 2.83. The molecular weight excluding hydrogens is 264 g/mol. The van der Waals surface area contributed by atoms with Gasteiger partial charge in [-0.2, -0.15) is 5.10 Å². The Morgan fingerprint density at radius 1 is 1.25 bits per heavy atom. The normalized spacial score (nSPS) is 10.4. The zero-order valence-electron chi connectivity index (χ0n) is 10.6. The summed E-state index contributed by atoms with van der Waals surface area (Å²) < 4.78 is 6.35. The Kier molecular flexibility index (Phi) is 3.81. The van der Waals surface area contributed by atoms with Crippen LogP contribution in [0.3, 0.4) is 0 Å². The number of aromatic carboxylic acids is 2. The topological polar surface area (TPSA) is 102 Å². The van der Waals surface area contributed by atoms with Gasteiger partial charge in [0.25, 0.3) is 0 Å². The van der Waals surface area contributed by atoms with Crippen LogP contribution in [0.5, 0.6) is 0 Å². The lowest BCUT2D eigenvalue weighted by molar-refractivity contribution is 0.0681. The quantitative estimate of drug-likeness (QED) is 0.856. The summed E-state index contributed by atoms with van der Waals surface area (Å²) in [5.74, 6) is -2.22. The van der Waals surface area contributed by atoms with Gasteiger partial charge in [0.05, 0.1) is 23.6 Å². The number of benzene rings is 1. The number of nitrogens with zero attached hydrogens (tertiary/aromatic N) is 2. The molecule has 1 heterocycles. The lowest BCUT2D eigenvalue weighted by Gasteiger charge is -2.07. The fourth-order valence-electron chi connectivity index (χ4n) is 1.77. The fraction of sp³-hybridized carbons (Fsp3) is 0.154. The number of carboxylic acids is 2. The standard InChI is InChI=1S/C13H12N2O5/c1-20-7-10-6-11(13(18)19)14-15(10)9-4-2-3-8(5-9)12(16)17/h2-6H,7H2,1H3,(H,16,17)(H,18,19). The number of carbonyl (C=O) groups is 2. The van der Waals surface area contributed by atoms with Gasteiger partial charge in [-0.1, -0.05) is 6.07 Å². The molecule has 0 atom stereocenters. The first kappa shape index (κ1) is 13.8. The van der Waals surface area contributed by atoms with Crippen LogP contribution < -0.4 is 0 Å². The second kappa shape index (κ2) is 5.54. The van der Waals surface area contributed by atoms with Crippen molar-refractivity contribution in [2.75, 3.05) is 7.11 Å². The Morgan fingerprint density at radius 2 is 2.00 bits per heavy atom. The van der Waals surface area contributed by atoms with Crippen LogP contribution in [-0.2, 0) is 11.3 Å². The fourth-order valence-corrected chi connectivity index (χ4v) is 1.77. The van der Waals surface area contributed by atoms with E-state index < -0.39 is 11.9 Å². The molecule has 1 aromatic carbocycles. The zero-order valence-corrected chi connectivity index (χ0v) is 10.6. The number of hydrogen-bond acceptors (Lipinski definition) is 4. The lowest BCUT2D eigenvalue weighted by Crippen LogP contribution is -2.06. The van der Waals surface area contributed by atoms with Crippen LogP contribution in [0.1, 0.15) is 26.5 Å². The number of ether oxygens (including phenoxy) is 1. The minimum atomic E-state index is -1.16. The Labute approximate surface area is 114 Å². The van der Waals surface area contributed by atoms with Crippen LogP contribution in [0.2, 0.25) is 0 Å². The Hall–Kier alpha value is -2.67. The van der Waals surface area contributed by atoms with Crippen molar-refractivity contribution in [3.05, 3.63) is 47.3 Å². The van der Waals surface area contributed by atoms with Crippen molar-refractivity contribution in [1.82, 2.24) is 9.78 Å². The molecule has 0 aliphatic rings. The Bertz CT molecular complexity index is 663. The average molecular weight is 276 g/mol. The highest BCUT2D eigenvalue weighted by Crippen LogP contribution is 2.15. The molecule has 0 aliphatic heterocycles. The first-order chi connectivity index (χ1) is 9.52. The van der Waals surface area contributed by atoms with Gasteiger partial charge in [0.2, 0.25) is 0 Å². The van der Waals surface area contributed by atoms with Crippen molar-refractivity contribution in [1.29, 1.82) is 0 Å². The van der Waals surface area contributed by atoms with E-state index >= 15 is 0 Å². The van der Waals surface area contributed by atoms with Crippen molar-refractivity contribution in [3.8, 4) is 5.69 Å². The third-order valence-electron chi connectivity index (χ3n) is 2.63. The van der Waals surface area contributed by atoms with Gasteiger partial charge < -0.3 is 14.9 Å². The highest BCUT2D eigenvalue weighted by molar-refractivity contribution is 5.88. The minimum absolute atomic E-state index is 0.0956. The van der Waals surface area contributed by atoms with Crippen LogP contribution in [-0.4, -0.2) is 39.0 Å². The molecule has 0 fully saturated rings. The molecule has 2 N–H and O–H groups in total. The molecule has 2 aromatic rings. The van der Waals surface area contributed by atoms with Gasteiger partial charge in [0, 0.05) is 7.11 Å². The van der Waals surface area contributed by atoms with Gasteiger partial charge in [-0.15, -0.1) is 0 Å². The molecule has 104 valence electrons. The van der Waals surface area contributed by atoms with Crippen molar-refractivity contribution >= 4 is 11.9 Å². The molecule has 0 radical (unpaired) electrons. The number of methoxy groups -OCH3 is 1. The molecule has 0 saturated heterocycles. The number of aromatic nitrogens is 2. The zero-order chi connectivity index (χ0) is 14.7. The number of carboxylic acid groups (broad SMARTS) is 2.